The topological polar surface area (TPSA) is 27.1 Å². The Labute approximate surface area is 126 Å². The summed E-state index contributed by atoms with van der Waals surface area (Å²) >= 11 is 3.45. The molecule has 1 heterocycles. The molecule has 20 heavy (non-hydrogen) atoms. The monoisotopic (exact) mass is 328 g/mol. The van der Waals surface area contributed by atoms with Crippen LogP contribution in [0.4, 0.5) is 0 Å². The first-order valence-corrected chi connectivity index (χ1v) is 7.01. The van der Waals surface area contributed by atoms with Gasteiger partial charge >= 0.3 is 0 Å². The third kappa shape index (κ3) is 2.47. The van der Waals surface area contributed by atoms with Gasteiger partial charge in [0.05, 0.1) is 7.11 Å². The van der Waals surface area contributed by atoms with Gasteiger partial charge in [-0.3, -0.25) is 4.57 Å². The highest BCUT2D eigenvalue weighted by Crippen LogP contribution is 2.24. The summed E-state index contributed by atoms with van der Waals surface area (Å²) in [6.45, 7) is 0. The lowest BCUT2D eigenvalue weighted by Crippen LogP contribution is -1.96. The van der Waals surface area contributed by atoms with Gasteiger partial charge in [0, 0.05) is 28.1 Å². The molecule has 0 atom stereocenters. The zero-order valence-electron chi connectivity index (χ0n) is 11.0. The van der Waals surface area contributed by atoms with Gasteiger partial charge in [0.25, 0.3) is 0 Å². The molecule has 0 N–H and O–H groups in total. The van der Waals surface area contributed by atoms with E-state index in [2.05, 4.69) is 37.6 Å². The quantitative estimate of drug-likeness (QED) is 0.716. The molecule has 0 bridgehead atoms. The van der Waals surface area contributed by atoms with E-state index in [0.29, 0.717) is 0 Å². The number of ether oxygens (including phenoxy) is 1. The molecule has 1 aromatic heterocycles. The molecule has 0 unspecified atom stereocenters. The lowest BCUT2D eigenvalue weighted by Gasteiger charge is -2.08. The second-order valence-electron chi connectivity index (χ2n) is 4.33. The van der Waals surface area contributed by atoms with E-state index in [1.807, 2.05) is 48.8 Å². The normalized spacial score (nSPS) is 10.5. The molecule has 4 heteroatoms. The van der Waals surface area contributed by atoms with Gasteiger partial charge in [0.2, 0.25) is 0 Å². The highest BCUT2D eigenvalue weighted by Gasteiger charge is 2.07. The summed E-state index contributed by atoms with van der Waals surface area (Å²) in [5.74, 6) is 1.76. The Hall–Kier alpha value is -2.07. The minimum Gasteiger partial charge on any atom is -0.497 e. The van der Waals surface area contributed by atoms with Crippen molar-refractivity contribution in [2.75, 3.05) is 7.11 Å². The van der Waals surface area contributed by atoms with Crippen molar-refractivity contribution in [1.29, 1.82) is 0 Å². The van der Waals surface area contributed by atoms with E-state index < -0.39 is 0 Å². The first-order chi connectivity index (χ1) is 9.78. The number of nitrogens with zero attached hydrogens (tertiary/aromatic N) is 2. The van der Waals surface area contributed by atoms with Crippen LogP contribution in [0.3, 0.4) is 0 Å². The fourth-order valence-electron chi connectivity index (χ4n) is 2.07. The predicted octanol–water partition coefficient (Wildman–Crippen LogP) is 4.31. The highest BCUT2D eigenvalue weighted by molar-refractivity contribution is 9.10. The third-order valence-electron chi connectivity index (χ3n) is 3.09. The number of benzene rings is 2. The van der Waals surface area contributed by atoms with Crippen LogP contribution in [0, 0.1) is 0 Å². The molecule has 0 aliphatic carbocycles. The van der Waals surface area contributed by atoms with Gasteiger partial charge in [-0.1, -0.05) is 15.9 Å². The number of imidazole rings is 1. The van der Waals surface area contributed by atoms with E-state index in [0.717, 1.165) is 27.3 Å². The summed E-state index contributed by atoms with van der Waals surface area (Å²) in [4.78, 5) is 4.45. The molecule has 0 aliphatic rings. The summed E-state index contributed by atoms with van der Waals surface area (Å²) in [7, 11) is 1.66. The summed E-state index contributed by atoms with van der Waals surface area (Å²) in [5, 5.41) is 0. The molecule has 0 saturated carbocycles. The van der Waals surface area contributed by atoms with Crippen LogP contribution in [0.25, 0.3) is 17.1 Å². The molecule has 100 valence electrons. The van der Waals surface area contributed by atoms with Crippen LogP contribution >= 0.6 is 15.9 Å². The Morgan fingerprint density at radius 2 is 1.70 bits per heavy atom. The van der Waals surface area contributed by atoms with Gasteiger partial charge in [0.15, 0.2) is 0 Å². The van der Waals surface area contributed by atoms with Gasteiger partial charge in [0.1, 0.15) is 11.6 Å². The van der Waals surface area contributed by atoms with E-state index in [9.17, 15) is 0 Å². The zero-order chi connectivity index (χ0) is 13.9. The number of methoxy groups -OCH3 is 1. The fourth-order valence-corrected chi connectivity index (χ4v) is 2.33. The highest BCUT2D eigenvalue weighted by atomic mass is 79.9. The van der Waals surface area contributed by atoms with Crippen molar-refractivity contribution in [3.05, 3.63) is 65.4 Å². The average molecular weight is 329 g/mol. The molecule has 0 radical (unpaired) electrons. The van der Waals surface area contributed by atoms with E-state index in [4.69, 9.17) is 4.74 Å². The van der Waals surface area contributed by atoms with Gasteiger partial charge in [-0.25, -0.2) is 4.98 Å². The molecule has 0 amide bonds. The number of hydrogen-bond donors (Lipinski definition) is 0. The number of hydrogen-bond acceptors (Lipinski definition) is 2. The van der Waals surface area contributed by atoms with Crippen LogP contribution < -0.4 is 4.74 Å². The van der Waals surface area contributed by atoms with Gasteiger partial charge in [-0.05, 0) is 48.5 Å². The molecule has 0 aliphatic heterocycles. The van der Waals surface area contributed by atoms with Crippen molar-refractivity contribution >= 4 is 15.9 Å². The maximum Gasteiger partial charge on any atom is 0.144 e. The SMILES string of the molecule is COc1ccc(-c2nccn2-c2ccc(Br)cc2)cc1. The Bertz CT molecular complexity index is 702. The van der Waals surface area contributed by atoms with Crippen LogP contribution in [0.15, 0.2) is 65.4 Å². The largest absolute Gasteiger partial charge is 0.497 e. The molecule has 3 nitrogen and oxygen atoms in total. The molecule has 2 aromatic carbocycles. The van der Waals surface area contributed by atoms with E-state index >= 15 is 0 Å². The standard InChI is InChI=1S/C16H13BrN2O/c1-20-15-8-2-12(3-9-15)16-18-10-11-19(16)14-6-4-13(17)5-7-14/h2-11H,1H3. The molecule has 0 spiro atoms. The predicted molar refractivity (Wildman–Crippen MR) is 83.3 cm³/mol. The number of aromatic nitrogens is 2. The van der Waals surface area contributed by atoms with Crippen LogP contribution in [0.5, 0.6) is 5.75 Å². The Kier molecular flexibility index (Phi) is 3.56. The van der Waals surface area contributed by atoms with Crippen LogP contribution in [0.2, 0.25) is 0 Å². The van der Waals surface area contributed by atoms with E-state index in [1.54, 1.807) is 7.11 Å². The van der Waals surface area contributed by atoms with Crippen molar-refractivity contribution in [2.24, 2.45) is 0 Å². The first kappa shape index (κ1) is 12.9. The van der Waals surface area contributed by atoms with Crippen molar-refractivity contribution in [1.82, 2.24) is 9.55 Å². The van der Waals surface area contributed by atoms with Crippen molar-refractivity contribution in [3.8, 4) is 22.8 Å². The van der Waals surface area contributed by atoms with Crippen molar-refractivity contribution in [3.63, 3.8) is 0 Å². The van der Waals surface area contributed by atoms with Crippen LogP contribution in [-0.4, -0.2) is 16.7 Å². The maximum atomic E-state index is 5.18. The molecular formula is C16H13BrN2O. The number of halogens is 1. The molecule has 3 aromatic rings. The Balaban J connectivity index is 2.02. The van der Waals surface area contributed by atoms with Crippen LogP contribution in [0.1, 0.15) is 0 Å². The zero-order valence-corrected chi connectivity index (χ0v) is 12.5. The molecule has 0 fully saturated rings. The van der Waals surface area contributed by atoms with Crippen molar-refractivity contribution < 1.29 is 4.74 Å². The second kappa shape index (κ2) is 5.51. The maximum absolute atomic E-state index is 5.18. The third-order valence-corrected chi connectivity index (χ3v) is 3.62. The van der Waals surface area contributed by atoms with Gasteiger partial charge in [-0.15, -0.1) is 0 Å². The minimum atomic E-state index is 0.843. The molecular weight excluding hydrogens is 316 g/mol. The van der Waals surface area contributed by atoms with E-state index in [1.165, 1.54) is 0 Å². The second-order valence-corrected chi connectivity index (χ2v) is 5.24. The summed E-state index contributed by atoms with van der Waals surface area (Å²) in [6.07, 6.45) is 3.77. The minimum absolute atomic E-state index is 0.843. The number of rotatable bonds is 3. The van der Waals surface area contributed by atoms with Gasteiger partial charge < -0.3 is 4.74 Å². The average Bonchev–Trinajstić information content (AvgIpc) is 2.97. The lowest BCUT2D eigenvalue weighted by molar-refractivity contribution is 0.415. The molecule has 0 saturated heterocycles. The summed E-state index contributed by atoms with van der Waals surface area (Å²) < 4.78 is 8.31. The Morgan fingerprint density at radius 1 is 1.00 bits per heavy atom. The first-order valence-electron chi connectivity index (χ1n) is 6.21. The van der Waals surface area contributed by atoms with Crippen LogP contribution in [-0.2, 0) is 0 Å². The van der Waals surface area contributed by atoms with E-state index in [-0.39, 0.29) is 0 Å². The Morgan fingerprint density at radius 3 is 2.35 bits per heavy atom. The smallest absolute Gasteiger partial charge is 0.144 e. The fraction of sp³-hybridized carbons (Fsp3) is 0.0625. The van der Waals surface area contributed by atoms with Crippen molar-refractivity contribution in [2.45, 2.75) is 0 Å². The summed E-state index contributed by atoms with van der Waals surface area (Å²) in [6, 6.07) is 16.1. The summed E-state index contributed by atoms with van der Waals surface area (Å²) in [5.41, 5.74) is 2.13. The van der Waals surface area contributed by atoms with Gasteiger partial charge in [-0.2, -0.15) is 0 Å². The lowest BCUT2D eigenvalue weighted by atomic mass is 10.2. The molecule has 3 rings (SSSR count).